The van der Waals surface area contributed by atoms with Gasteiger partial charge < -0.3 is 4.90 Å². The molecule has 1 amide bonds. The highest BCUT2D eigenvalue weighted by Gasteiger charge is 2.31. The van der Waals surface area contributed by atoms with Crippen molar-refractivity contribution in [2.24, 2.45) is 0 Å². The second-order valence-electron chi connectivity index (χ2n) is 7.00. The van der Waals surface area contributed by atoms with Crippen LogP contribution in [0, 0.1) is 6.92 Å². The van der Waals surface area contributed by atoms with Crippen molar-refractivity contribution in [1.29, 1.82) is 0 Å². The van der Waals surface area contributed by atoms with E-state index in [4.69, 9.17) is 0 Å². The molecular weight excluding hydrogens is 417 g/mol. The minimum Gasteiger partial charge on any atom is -0.337 e. The summed E-state index contributed by atoms with van der Waals surface area (Å²) in [7, 11) is -3.63. The van der Waals surface area contributed by atoms with Crippen LogP contribution in [0.25, 0.3) is 6.08 Å². The standard InChI is InChI=1S/C21H21F3N2O3S/c1-16-5-8-19(9-6-16)30(28,29)26-13-11-25(12-14-26)20(27)10-7-17-3-2-4-18(15-17)21(22,23)24/h2-10,15H,11-14H2,1H3/b10-7-. The molecule has 9 heteroatoms. The zero-order valence-electron chi connectivity index (χ0n) is 16.3. The number of halogens is 3. The first-order chi connectivity index (χ1) is 14.1. The molecule has 1 aliphatic rings. The summed E-state index contributed by atoms with van der Waals surface area (Å²) in [6.45, 7) is 2.58. The Hall–Kier alpha value is -2.65. The highest BCUT2D eigenvalue weighted by atomic mass is 32.2. The molecule has 0 saturated carbocycles. The molecule has 1 heterocycles. The minimum absolute atomic E-state index is 0.152. The molecule has 30 heavy (non-hydrogen) atoms. The van der Waals surface area contributed by atoms with E-state index in [1.54, 1.807) is 24.3 Å². The van der Waals surface area contributed by atoms with Gasteiger partial charge in [0.05, 0.1) is 10.5 Å². The number of piperazine rings is 1. The van der Waals surface area contributed by atoms with Crippen molar-refractivity contribution < 1.29 is 26.4 Å². The van der Waals surface area contributed by atoms with Crippen LogP contribution < -0.4 is 0 Å². The lowest BCUT2D eigenvalue weighted by Gasteiger charge is -2.33. The van der Waals surface area contributed by atoms with Gasteiger partial charge >= 0.3 is 6.18 Å². The number of alkyl halides is 3. The third-order valence-electron chi connectivity index (χ3n) is 4.84. The van der Waals surface area contributed by atoms with Gasteiger partial charge in [0, 0.05) is 32.3 Å². The van der Waals surface area contributed by atoms with Crippen molar-refractivity contribution in [2.45, 2.75) is 18.0 Å². The average molecular weight is 438 g/mol. The molecule has 0 unspecified atom stereocenters. The van der Waals surface area contributed by atoms with Gasteiger partial charge in [0.2, 0.25) is 15.9 Å². The van der Waals surface area contributed by atoms with Crippen LogP contribution in [-0.4, -0.2) is 49.7 Å². The van der Waals surface area contributed by atoms with Crippen LogP contribution >= 0.6 is 0 Å². The van der Waals surface area contributed by atoms with E-state index in [0.29, 0.717) is 0 Å². The van der Waals surface area contributed by atoms with E-state index >= 15 is 0 Å². The molecule has 0 spiro atoms. The molecule has 0 N–H and O–H groups in total. The molecule has 5 nitrogen and oxygen atoms in total. The molecule has 1 saturated heterocycles. The largest absolute Gasteiger partial charge is 0.416 e. The summed E-state index contributed by atoms with van der Waals surface area (Å²) in [5, 5.41) is 0. The molecule has 0 aliphatic carbocycles. The second kappa shape index (κ2) is 8.61. The Labute approximate surface area is 173 Å². The maximum atomic E-state index is 12.8. The van der Waals surface area contributed by atoms with E-state index in [9.17, 15) is 26.4 Å². The maximum absolute atomic E-state index is 12.8. The predicted octanol–water partition coefficient (Wildman–Crippen LogP) is 3.56. The SMILES string of the molecule is Cc1ccc(S(=O)(=O)N2CCN(C(=O)/C=C\c3cccc(C(F)(F)F)c3)CC2)cc1. The smallest absolute Gasteiger partial charge is 0.337 e. The highest BCUT2D eigenvalue weighted by Crippen LogP contribution is 2.29. The lowest BCUT2D eigenvalue weighted by Crippen LogP contribution is -2.50. The van der Waals surface area contributed by atoms with Crippen LogP contribution in [0.3, 0.4) is 0 Å². The van der Waals surface area contributed by atoms with Gasteiger partial charge in [-0.05, 0) is 42.8 Å². The lowest BCUT2D eigenvalue weighted by atomic mass is 10.1. The Morgan fingerprint density at radius 1 is 1.00 bits per heavy atom. The molecule has 0 radical (unpaired) electrons. The van der Waals surface area contributed by atoms with Gasteiger partial charge in [-0.15, -0.1) is 0 Å². The van der Waals surface area contributed by atoms with E-state index < -0.39 is 21.8 Å². The van der Waals surface area contributed by atoms with Gasteiger partial charge in [-0.3, -0.25) is 4.79 Å². The third-order valence-corrected chi connectivity index (χ3v) is 6.75. The van der Waals surface area contributed by atoms with E-state index in [1.807, 2.05) is 6.92 Å². The Kier molecular flexibility index (Phi) is 6.33. The predicted molar refractivity (Wildman–Crippen MR) is 107 cm³/mol. The number of carbonyl (C=O) groups excluding carboxylic acids is 1. The van der Waals surface area contributed by atoms with Crippen molar-refractivity contribution >= 4 is 22.0 Å². The van der Waals surface area contributed by atoms with E-state index in [0.717, 1.165) is 17.7 Å². The first-order valence-electron chi connectivity index (χ1n) is 9.28. The fourth-order valence-corrected chi connectivity index (χ4v) is 4.52. The summed E-state index contributed by atoms with van der Waals surface area (Å²) in [5.74, 6) is -0.375. The number of aryl methyl sites for hydroxylation is 1. The topological polar surface area (TPSA) is 57.7 Å². The monoisotopic (exact) mass is 438 g/mol. The molecule has 1 aliphatic heterocycles. The molecule has 2 aromatic rings. The van der Waals surface area contributed by atoms with Crippen LogP contribution in [0.5, 0.6) is 0 Å². The molecule has 2 aromatic carbocycles. The minimum atomic E-state index is -4.45. The molecule has 0 aromatic heterocycles. The first-order valence-corrected chi connectivity index (χ1v) is 10.7. The van der Waals surface area contributed by atoms with E-state index in [-0.39, 0.29) is 42.5 Å². The van der Waals surface area contributed by atoms with E-state index in [2.05, 4.69) is 0 Å². The molecule has 160 valence electrons. The van der Waals surface area contributed by atoms with E-state index in [1.165, 1.54) is 33.5 Å². The lowest BCUT2D eigenvalue weighted by molar-refractivity contribution is -0.137. The Balaban J connectivity index is 1.62. The number of carbonyl (C=O) groups is 1. The normalized spacial score (nSPS) is 16.2. The quantitative estimate of drug-likeness (QED) is 0.686. The summed E-state index contributed by atoms with van der Waals surface area (Å²) in [6.07, 6.45) is -1.92. The van der Waals surface area contributed by atoms with Crippen LogP contribution in [0.4, 0.5) is 13.2 Å². The zero-order chi connectivity index (χ0) is 21.9. The molecular formula is C21H21F3N2O3S. The highest BCUT2D eigenvalue weighted by molar-refractivity contribution is 7.89. The van der Waals surface area contributed by atoms with Gasteiger partial charge in [-0.1, -0.05) is 29.8 Å². The molecule has 0 atom stereocenters. The van der Waals surface area contributed by atoms with Crippen molar-refractivity contribution in [3.63, 3.8) is 0 Å². The zero-order valence-corrected chi connectivity index (χ0v) is 17.1. The Bertz CT molecular complexity index is 1040. The van der Waals surface area contributed by atoms with Crippen LogP contribution in [-0.2, 0) is 21.0 Å². The third kappa shape index (κ3) is 5.09. The number of sulfonamides is 1. The van der Waals surface area contributed by atoms with Crippen molar-refractivity contribution in [3.05, 3.63) is 71.3 Å². The number of benzene rings is 2. The van der Waals surface area contributed by atoms with Crippen molar-refractivity contribution in [3.8, 4) is 0 Å². The molecule has 0 bridgehead atoms. The number of hydrogen-bond acceptors (Lipinski definition) is 3. The summed E-state index contributed by atoms with van der Waals surface area (Å²) in [6, 6.07) is 11.3. The van der Waals surface area contributed by atoms with Gasteiger partial charge in [0.15, 0.2) is 0 Å². The summed E-state index contributed by atoms with van der Waals surface area (Å²) < 4.78 is 65.1. The van der Waals surface area contributed by atoms with Crippen molar-refractivity contribution in [1.82, 2.24) is 9.21 Å². The van der Waals surface area contributed by atoms with Gasteiger partial charge in [0.25, 0.3) is 0 Å². The number of hydrogen-bond donors (Lipinski definition) is 0. The summed E-state index contributed by atoms with van der Waals surface area (Å²) >= 11 is 0. The average Bonchev–Trinajstić information content (AvgIpc) is 2.72. The molecule has 1 fully saturated rings. The fraction of sp³-hybridized carbons (Fsp3) is 0.286. The fourth-order valence-electron chi connectivity index (χ4n) is 3.10. The maximum Gasteiger partial charge on any atom is 0.416 e. The van der Waals surface area contributed by atoms with Gasteiger partial charge in [-0.25, -0.2) is 8.42 Å². The number of nitrogens with zero attached hydrogens (tertiary/aromatic N) is 2. The summed E-state index contributed by atoms with van der Waals surface area (Å²) in [5.41, 5.74) is 0.433. The van der Waals surface area contributed by atoms with Gasteiger partial charge in [0.1, 0.15) is 0 Å². The van der Waals surface area contributed by atoms with Crippen molar-refractivity contribution in [2.75, 3.05) is 26.2 Å². The first kappa shape index (κ1) is 22.0. The second-order valence-corrected chi connectivity index (χ2v) is 8.94. The van der Waals surface area contributed by atoms with Gasteiger partial charge in [-0.2, -0.15) is 17.5 Å². The van der Waals surface area contributed by atoms with Crippen LogP contribution in [0.1, 0.15) is 16.7 Å². The Morgan fingerprint density at radius 2 is 1.63 bits per heavy atom. The van der Waals surface area contributed by atoms with Crippen LogP contribution in [0.2, 0.25) is 0 Å². The molecule has 3 rings (SSSR count). The number of rotatable bonds is 4. The number of amides is 1. The Morgan fingerprint density at radius 3 is 2.23 bits per heavy atom. The summed E-state index contributed by atoms with van der Waals surface area (Å²) in [4.78, 5) is 14.0. The van der Waals surface area contributed by atoms with Crippen LogP contribution in [0.15, 0.2) is 59.5 Å².